The summed E-state index contributed by atoms with van der Waals surface area (Å²) in [5, 5.41) is 0. The second-order valence-corrected chi connectivity index (χ2v) is 6.56. The van der Waals surface area contributed by atoms with Crippen LogP contribution < -0.4 is 0 Å². The highest BCUT2D eigenvalue weighted by molar-refractivity contribution is 6.21. The van der Waals surface area contributed by atoms with Crippen molar-refractivity contribution in [3.05, 3.63) is 35.4 Å². The first-order valence-corrected chi connectivity index (χ1v) is 8.88. The van der Waals surface area contributed by atoms with E-state index in [2.05, 4.69) is 6.92 Å². The van der Waals surface area contributed by atoms with Gasteiger partial charge in [-0.3, -0.25) is 19.3 Å². The first kappa shape index (κ1) is 16.7. The molecule has 0 radical (unpaired) electrons. The number of fused-ring (bicyclic) bond motifs is 1. The quantitative estimate of drug-likeness (QED) is 0.781. The highest BCUT2D eigenvalue weighted by atomic mass is 16.2. The second-order valence-electron chi connectivity index (χ2n) is 6.56. The summed E-state index contributed by atoms with van der Waals surface area (Å²) in [6.45, 7) is 3.27. The highest BCUT2D eigenvalue weighted by Crippen LogP contribution is 2.24. The molecule has 2 aliphatic heterocycles. The average molecular weight is 328 g/mol. The predicted octanol–water partition coefficient (Wildman–Crippen LogP) is 2.85. The SMILES string of the molecule is CC[C@H]1CCCCN1C(=O)CCCN1C(=O)c2ccccc2C1=O. The average Bonchev–Trinajstić information content (AvgIpc) is 2.86. The molecule has 24 heavy (non-hydrogen) atoms. The Labute approximate surface area is 142 Å². The largest absolute Gasteiger partial charge is 0.340 e. The molecule has 2 aliphatic rings. The van der Waals surface area contributed by atoms with Crippen LogP contribution in [0.3, 0.4) is 0 Å². The molecule has 0 saturated carbocycles. The van der Waals surface area contributed by atoms with Gasteiger partial charge in [0.1, 0.15) is 0 Å². The van der Waals surface area contributed by atoms with Crippen LogP contribution >= 0.6 is 0 Å². The van der Waals surface area contributed by atoms with Gasteiger partial charge in [0.25, 0.3) is 11.8 Å². The van der Waals surface area contributed by atoms with Gasteiger partial charge >= 0.3 is 0 Å². The van der Waals surface area contributed by atoms with Crippen molar-refractivity contribution in [2.24, 2.45) is 0 Å². The molecular weight excluding hydrogens is 304 g/mol. The minimum absolute atomic E-state index is 0.151. The van der Waals surface area contributed by atoms with E-state index in [4.69, 9.17) is 0 Å². The van der Waals surface area contributed by atoms with Crippen molar-refractivity contribution >= 4 is 17.7 Å². The van der Waals surface area contributed by atoms with Gasteiger partial charge in [0.2, 0.25) is 5.91 Å². The van der Waals surface area contributed by atoms with Crippen LogP contribution in [0.1, 0.15) is 66.2 Å². The van der Waals surface area contributed by atoms with Crippen LogP contribution in [0.15, 0.2) is 24.3 Å². The van der Waals surface area contributed by atoms with E-state index in [1.165, 1.54) is 11.3 Å². The van der Waals surface area contributed by atoms with Crippen molar-refractivity contribution in [1.29, 1.82) is 0 Å². The van der Waals surface area contributed by atoms with Crippen LogP contribution in [0, 0.1) is 0 Å². The molecular formula is C19H24N2O3. The maximum absolute atomic E-state index is 12.5. The molecule has 0 unspecified atom stereocenters. The molecule has 3 rings (SSSR count). The van der Waals surface area contributed by atoms with Crippen LogP contribution in [-0.2, 0) is 4.79 Å². The fraction of sp³-hybridized carbons (Fsp3) is 0.526. The lowest BCUT2D eigenvalue weighted by molar-refractivity contribution is -0.135. The molecule has 1 aromatic rings. The van der Waals surface area contributed by atoms with Gasteiger partial charge in [0.15, 0.2) is 0 Å². The van der Waals surface area contributed by atoms with Crippen molar-refractivity contribution < 1.29 is 14.4 Å². The summed E-state index contributed by atoms with van der Waals surface area (Å²) in [5.41, 5.74) is 0.937. The molecule has 5 heteroatoms. The Morgan fingerprint density at radius 1 is 1.12 bits per heavy atom. The number of hydrogen-bond acceptors (Lipinski definition) is 3. The maximum Gasteiger partial charge on any atom is 0.261 e. The normalized spacial score (nSPS) is 20.5. The Morgan fingerprint density at radius 2 is 1.79 bits per heavy atom. The number of nitrogens with zero attached hydrogens (tertiary/aromatic N) is 2. The molecule has 3 amide bonds. The van der Waals surface area contributed by atoms with Crippen molar-refractivity contribution in [1.82, 2.24) is 9.80 Å². The lowest BCUT2D eigenvalue weighted by atomic mass is 9.99. The summed E-state index contributed by atoms with van der Waals surface area (Å²) in [6, 6.07) is 7.24. The number of likely N-dealkylation sites (tertiary alicyclic amines) is 1. The maximum atomic E-state index is 12.5. The fourth-order valence-electron chi connectivity index (χ4n) is 3.73. The summed E-state index contributed by atoms with van der Waals surface area (Å²) < 4.78 is 0. The summed E-state index contributed by atoms with van der Waals surface area (Å²) in [6.07, 6.45) is 5.25. The number of carbonyl (C=O) groups excluding carboxylic acids is 3. The highest BCUT2D eigenvalue weighted by Gasteiger charge is 2.34. The Kier molecular flexibility index (Phi) is 4.97. The number of amides is 3. The third-order valence-electron chi connectivity index (χ3n) is 5.07. The topological polar surface area (TPSA) is 57.7 Å². The summed E-state index contributed by atoms with van der Waals surface area (Å²) >= 11 is 0. The van der Waals surface area contributed by atoms with Gasteiger partial charge in [-0.25, -0.2) is 0 Å². The first-order valence-electron chi connectivity index (χ1n) is 8.88. The summed E-state index contributed by atoms with van der Waals surface area (Å²) in [7, 11) is 0. The summed E-state index contributed by atoms with van der Waals surface area (Å²) in [4.78, 5) is 40.3. The molecule has 0 bridgehead atoms. The van der Waals surface area contributed by atoms with E-state index in [1.807, 2.05) is 4.90 Å². The smallest absolute Gasteiger partial charge is 0.261 e. The predicted molar refractivity (Wildman–Crippen MR) is 90.7 cm³/mol. The van der Waals surface area contributed by atoms with Crippen LogP contribution in [0.25, 0.3) is 0 Å². The number of carbonyl (C=O) groups is 3. The zero-order valence-corrected chi connectivity index (χ0v) is 14.2. The molecule has 0 N–H and O–H groups in total. The van der Waals surface area contributed by atoms with Crippen molar-refractivity contribution in [2.45, 2.75) is 51.5 Å². The minimum Gasteiger partial charge on any atom is -0.340 e. The first-order chi connectivity index (χ1) is 11.6. The summed E-state index contributed by atoms with van der Waals surface area (Å²) in [5.74, 6) is -0.335. The fourth-order valence-corrected chi connectivity index (χ4v) is 3.73. The zero-order valence-electron chi connectivity index (χ0n) is 14.2. The van der Waals surface area contributed by atoms with Crippen LogP contribution in [-0.4, -0.2) is 46.7 Å². The second kappa shape index (κ2) is 7.16. The Hall–Kier alpha value is -2.17. The van der Waals surface area contributed by atoms with Crippen LogP contribution in [0.2, 0.25) is 0 Å². The monoisotopic (exact) mass is 328 g/mol. The Morgan fingerprint density at radius 3 is 2.42 bits per heavy atom. The van der Waals surface area contributed by atoms with E-state index < -0.39 is 0 Å². The Balaban J connectivity index is 1.55. The molecule has 1 aromatic carbocycles. The third-order valence-corrected chi connectivity index (χ3v) is 5.07. The molecule has 5 nitrogen and oxygen atoms in total. The molecule has 0 aliphatic carbocycles. The Bertz CT molecular complexity index is 621. The van der Waals surface area contributed by atoms with Gasteiger partial charge in [0, 0.05) is 25.6 Å². The van der Waals surface area contributed by atoms with Gasteiger partial charge in [0.05, 0.1) is 11.1 Å². The zero-order chi connectivity index (χ0) is 17.1. The van der Waals surface area contributed by atoms with Gasteiger partial charge < -0.3 is 4.90 Å². The number of benzene rings is 1. The molecule has 1 atom stereocenters. The number of rotatable bonds is 5. The molecule has 128 valence electrons. The van der Waals surface area contributed by atoms with Crippen LogP contribution in [0.4, 0.5) is 0 Å². The molecule has 0 aromatic heterocycles. The van der Waals surface area contributed by atoms with Gasteiger partial charge in [-0.15, -0.1) is 0 Å². The van der Waals surface area contributed by atoms with E-state index in [9.17, 15) is 14.4 Å². The molecule has 1 fully saturated rings. The van der Waals surface area contributed by atoms with E-state index in [0.29, 0.717) is 36.6 Å². The molecule has 0 spiro atoms. The third kappa shape index (κ3) is 3.07. The van der Waals surface area contributed by atoms with E-state index in [0.717, 1.165) is 25.8 Å². The number of imide groups is 1. The van der Waals surface area contributed by atoms with Crippen molar-refractivity contribution in [3.8, 4) is 0 Å². The van der Waals surface area contributed by atoms with E-state index in [-0.39, 0.29) is 17.7 Å². The lowest BCUT2D eigenvalue weighted by Gasteiger charge is -2.35. The van der Waals surface area contributed by atoms with Crippen molar-refractivity contribution in [2.75, 3.05) is 13.1 Å². The number of piperidine rings is 1. The standard InChI is InChI=1S/C19H24N2O3/c1-2-14-8-5-6-12-20(14)17(22)11-7-13-21-18(23)15-9-3-4-10-16(15)19(21)24/h3-4,9-10,14H,2,5-8,11-13H2,1H3/t14-/m0/s1. The molecule has 1 saturated heterocycles. The number of hydrogen-bond donors (Lipinski definition) is 0. The van der Waals surface area contributed by atoms with Gasteiger partial charge in [-0.1, -0.05) is 19.1 Å². The van der Waals surface area contributed by atoms with Gasteiger partial charge in [-0.05, 0) is 44.2 Å². The van der Waals surface area contributed by atoms with E-state index in [1.54, 1.807) is 24.3 Å². The van der Waals surface area contributed by atoms with E-state index >= 15 is 0 Å². The lowest BCUT2D eigenvalue weighted by Crippen LogP contribution is -2.43. The minimum atomic E-state index is -0.243. The molecule has 2 heterocycles. The van der Waals surface area contributed by atoms with Gasteiger partial charge in [-0.2, -0.15) is 0 Å². The van der Waals surface area contributed by atoms with Crippen molar-refractivity contribution in [3.63, 3.8) is 0 Å². The van der Waals surface area contributed by atoms with Crippen LogP contribution in [0.5, 0.6) is 0 Å².